The highest BCUT2D eigenvalue weighted by Gasteiger charge is 2.15. The van der Waals surface area contributed by atoms with E-state index in [0.717, 1.165) is 11.1 Å². The standard InChI is InChI=1S/C18H21NO3S/c1-4-22-18(21)17-13(3)11-16(23-17)19-15(20)9-8-14-7-5-6-12(2)10-14/h5-7,10-11H,4,8-9H2,1-3H3,(H,19,20). The van der Waals surface area contributed by atoms with E-state index in [0.29, 0.717) is 29.3 Å². The van der Waals surface area contributed by atoms with Crippen molar-refractivity contribution in [2.24, 2.45) is 0 Å². The van der Waals surface area contributed by atoms with Crippen LogP contribution >= 0.6 is 11.3 Å². The second-order valence-corrected chi connectivity index (χ2v) is 6.43. The number of benzene rings is 1. The Balaban J connectivity index is 1.93. The molecular formula is C18H21NO3S. The number of amides is 1. The Morgan fingerprint density at radius 3 is 2.70 bits per heavy atom. The van der Waals surface area contributed by atoms with Crippen LogP contribution in [0, 0.1) is 13.8 Å². The lowest BCUT2D eigenvalue weighted by molar-refractivity contribution is -0.116. The third-order valence-corrected chi connectivity index (χ3v) is 4.50. The van der Waals surface area contributed by atoms with E-state index in [1.54, 1.807) is 6.92 Å². The van der Waals surface area contributed by atoms with E-state index < -0.39 is 0 Å². The molecule has 1 amide bonds. The molecule has 0 aliphatic rings. The number of thiophene rings is 1. The Morgan fingerprint density at radius 1 is 1.22 bits per heavy atom. The second-order valence-electron chi connectivity index (χ2n) is 5.38. The smallest absolute Gasteiger partial charge is 0.348 e. The van der Waals surface area contributed by atoms with Crippen molar-refractivity contribution in [2.75, 3.05) is 11.9 Å². The van der Waals surface area contributed by atoms with Gasteiger partial charge < -0.3 is 10.1 Å². The Hall–Kier alpha value is -2.14. The molecule has 0 spiro atoms. The summed E-state index contributed by atoms with van der Waals surface area (Å²) in [4.78, 5) is 24.4. The molecule has 1 aromatic heterocycles. The fraction of sp³-hybridized carbons (Fsp3) is 0.333. The zero-order valence-corrected chi connectivity index (χ0v) is 14.5. The number of anilines is 1. The normalized spacial score (nSPS) is 10.4. The molecule has 0 atom stereocenters. The molecule has 2 aromatic rings. The van der Waals surface area contributed by atoms with Crippen LogP contribution in [0.15, 0.2) is 30.3 Å². The van der Waals surface area contributed by atoms with Crippen LogP contribution in [0.25, 0.3) is 0 Å². The van der Waals surface area contributed by atoms with Gasteiger partial charge in [-0.25, -0.2) is 4.79 Å². The van der Waals surface area contributed by atoms with Gasteiger partial charge >= 0.3 is 5.97 Å². The number of esters is 1. The van der Waals surface area contributed by atoms with Gasteiger partial charge in [0.15, 0.2) is 0 Å². The van der Waals surface area contributed by atoms with Gasteiger partial charge in [0.25, 0.3) is 0 Å². The van der Waals surface area contributed by atoms with Crippen LogP contribution in [-0.2, 0) is 16.0 Å². The minimum atomic E-state index is -0.338. The maximum absolute atomic E-state index is 12.1. The molecule has 122 valence electrons. The minimum Gasteiger partial charge on any atom is -0.462 e. The zero-order chi connectivity index (χ0) is 16.8. The maximum Gasteiger partial charge on any atom is 0.348 e. The molecule has 0 unspecified atom stereocenters. The summed E-state index contributed by atoms with van der Waals surface area (Å²) >= 11 is 1.25. The molecule has 0 saturated heterocycles. The number of hydrogen-bond acceptors (Lipinski definition) is 4. The Bertz CT molecular complexity index is 706. The summed E-state index contributed by atoms with van der Waals surface area (Å²) in [6.07, 6.45) is 1.11. The van der Waals surface area contributed by atoms with Gasteiger partial charge in [-0.3, -0.25) is 4.79 Å². The van der Waals surface area contributed by atoms with Gasteiger partial charge in [-0.05, 0) is 44.4 Å². The number of aryl methyl sites for hydroxylation is 3. The van der Waals surface area contributed by atoms with Crippen molar-refractivity contribution in [1.29, 1.82) is 0 Å². The average Bonchev–Trinajstić information content (AvgIpc) is 2.86. The quantitative estimate of drug-likeness (QED) is 0.810. The van der Waals surface area contributed by atoms with Crippen molar-refractivity contribution in [3.05, 3.63) is 51.9 Å². The Labute approximate surface area is 140 Å². The van der Waals surface area contributed by atoms with Crippen molar-refractivity contribution in [3.8, 4) is 0 Å². The first-order chi connectivity index (χ1) is 11.0. The van der Waals surface area contributed by atoms with E-state index in [9.17, 15) is 9.59 Å². The molecule has 0 fully saturated rings. The van der Waals surface area contributed by atoms with E-state index in [1.807, 2.05) is 38.1 Å². The predicted molar refractivity (Wildman–Crippen MR) is 93.1 cm³/mol. The molecule has 23 heavy (non-hydrogen) atoms. The summed E-state index contributed by atoms with van der Waals surface area (Å²) in [6, 6.07) is 9.95. The highest BCUT2D eigenvalue weighted by Crippen LogP contribution is 2.27. The number of hydrogen-bond donors (Lipinski definition) is 1. The summed E-state index contributed by atoms with van der Waals surface area (Å²) < 4.78 is 5.00. The van der Waals surface area contributed by atoms with Gasteiger partial charge in [0, 0.05) is 6.42 Å². The zero-order valence-electron chi connectivity index (χ0n) is 13.6. The molecule has 4 nitrogen and oxygen atoms in total. The molecule has 0 saturated carbocycles. The molecular weight excluding hydrogens is 310 g/mol. The Kier molecular flexibility index (Phi) is 5.93. The fourth-order valence-corrected chi connectivity index (χ4v) is 3.25. The topological polar surface area (TPSA) is 55.4 Å². The summed E-state index contributed by atoms with van der Waals surface area (Å²) in [5.74, 6) is -0.390. The lowest BCUT2D eigenvalue weighted by Crippen LogP contribution is -2.11. The Morgan fingerprint density at radius 2 is 2.00 bits per heavy atom. The number of carbonyl (C=O) groups excluding carboxylic acids is 2. The van der Waals surface area contributed by atoms with Crippen molar-refractivity contribution < 1.29 is 14.3 Å². The molecule has 0 aliphatic carbocycles. The van der Waals surface area contributed by atoms with E-state index >= 15 is 0 Å². The van der Waals surface area contributed by atoms with Gasteiger partial charge in [-0.1, -0.05) is 29.8 Å². The number of carbonyl (C=O) groups is 2. The third-order valence-electron chi connectivity index (χ3n) is 3.36. The van der Waals surface area contributed by atoms with Crippen molar-refractivity contribution >= 4 is 28.2 Å². The monoisotopic (exact) mass is 331 g/mol. The average molecular weight is 331 g/mol. The molecule has 5 heteroatoms. The van der Waals surface area contributed by atoms with Crippen LogP contribution < -0.4 is 5.32 Å². The SMILES string of the molecule is CCOC(=O)c1sc(NC(=O)CCc2cccc(C)c2)cc1C. The van der Waals surface area contributed by atoms with Crippen LogP contribution in [0.1, 0.15) is 39.7 Å². The molecule has 0 radical (unpaired) electrons. The van der Waals surface area contributed by atoms with E-state index in [4.69, 9.17) is 4.74 Å². The molecule has 1 aromatic carbocycles. The van der Waals surface area contributed by atoms with Crippen molar-refractivity contribution in [2.45, 2.75) is 33.6 Å². The van der Waals surface area contributed by atoms with Crippen molar-refractivity contribution in [1.82, 2.24) is 0 Å². The summed E-state index contributed by atoms with van der Waals surface area (Å²) in [6.45, 7) is 5.99. The highest BCUT2D eigenvalue weighted by atomic mass is 32.1. The number of rotatable bonds is 6. The second kappa shape index (κ2) is 7.92. The molecule has 2 rings (SSSR count). The number of ether oxygens (including phenoxy) is 1. The molecule has 1 heterocycles. The fourth-order valence-electron chi connectivity index (χ4n) is 2.27. The van der Waals surface area contributed by atoms with E-state index in [-0.39, 0.29) is 11.9 Å². The third kappa shape index (κ3) is 4.93. The largest absolute Gasteiger partial charge is 0.462 e. The van der Waals surface area contributed by atoms with Crippen LogP contribution in [0.3, 0.4) is 0 Å². The number of nitrogens with one attached hydrogen (secondary N) is 1. The van der Waals surface area contributed by atoms with Gasteiger partial charge in [-0.15, -0.1) is 11.3 Å². The predicted octanol–water partition coefficient (Wildman–Crippen LogP) is 4.11. The van der Waals surface area contributed by atoms with Crippen LogP contribution in [0.2, 0.25) is 0 Å². The van der Waals surface area contributed by atoms with Gasteiger partial charge in [-0.2, -0.15) is 0 Å². The lowest BCUT2D eigenvalue weighted by atomic mass is 10.1. The summed E-state index contributed by atoms with van der Waals surface area (Å²) in [5, 5.41) is 3.54. The first-order valence-corrected chi connectivity index (χ1v) is 8.44. The molecule has 0 bridgehead atoms. The summed E-state index contributed by atoms with van der Waals surface area (Å²) in [5.41, 5.74) is 3.16. The van der Waals surface area contributed by atoms with Crippen LogP contribution in [0.5, 0.6) is 0 Å². The van der Waals surface area contributed by atoms with Crippen LogP contribution in [-0.4, -0.2) is 18.5 Å². The first kappa shape index (κ1) is 17.2. The minimum absolute atomic E-state index is 0.0526. The molecule has 0 aliphatic heterocycles. The highest BCUT2D eigenvalue weighted by molar-refractivity contribution is 7.18. The van der Waals surface area contributed by atoms with Crippen LogP contribution in [0.4, 0.5) is 5.00 Å². The van der Waals surface area contributed by atoms with Crippen molar-refractivity contribution in [3.63, 3.8) is 0 Å². The van der Waals surface area contributed by atoms with Gasteiger partial charge in [0.2, 0.25) is 5.91 Å². The summed E-state index contributed by atoms with van der Waals surface area (Å²) in [7, 11) is 0. The van der Waals surface area contributed by atoms with E-state index in [1.165, 1.54) is 16.9 Å². The lowest BCUT2D eigenvalue weighted by Gasteiger charge is -2.04. The van der Waals surface area contributed by atoms with E-state index in [2.05, 4.69) is 11.4 Å². The maximum atomic E-state index is 12.1. The molecule has 1 N–H and O–H groups in total. The van der Waals surface area contributed by atoms with Gasteiger partial charge in [0.05, 0.1) is 11.6 Å². The van der Waals surface area contributed by atoms with Gasteiger partial charge in [0.1, 0.15) is 4.88 Å². The first-order valence-electron chi connectivity index (χ1n) is 7.62.